The number of anilines is 1. The summed E-state index contributed by atoms with van der Waals surface area (Å²) in [6.07, 6.45) is 3.58. The zero-order valence-corrected chi connectivity index (χ0v) is 15.0. The van der Waals surface area contributed by atoms with Crippen LogP contribution < -0.4 is 15.4 Å². The van der Waals surface area contributed by atoms with Crippen molar-refractivity contribution in [2.45, 2.75) is 39.2 Å². The van der Waals surface area contributed by atoms with Gasteiger partial charge in [0.25, 0.3) is 0 Å². The number of hydrogen-bond acceptors (Lipinski definition) is 4. The monoisotopic (exact) mass is 346 g/mol. The fourth-order valence-electron chi connectivity index (χ4n) is 2.29. The number of rotatable bonds is 8. The highest BCUT2D eigenvalue weighted by Gasteiger charge is 2.26. The second-order valence-corrected chi connectivity index (χ2v) is 6.24. The van der Waals surface area contributed by atoms with E-state index in [4.69, 9.17) is 9.15 Å². The molecule has 0 fully saturated rings. The summed E-state index contributed by atoms with van der Waals surface area (Å²) in [5.74, 6) is 1.19. The molecule has 1 atom stereocenters. The smallest absolute Gasteiger partial charge is 0.319 e. The maximum atomic E-state index is 12.1. The molecule has 0 aliphatic carbocycles. The topological polar surface area (TPSA) is 83.7 Å². The molecule has 0 aliphatic rings. The Hall–Kier alpha value is -2.47. The summed E-state index contributed by atoms with van der Waals surface area (Å²) < 4.78 is 10.8. The van der Waals surface area contributed by atoms with Crippen molar-refractivity contribution in [1.82, 2.24) is 5.32 Å². The number of nitrogens with one attached hydrogen (secondary N) is 2. The molecule has 1 aromatic carbocycles. The highest BCUT2D eigenvalue weighted by Crippen LogP contribution is 2.22. The number of aliphatic hydroxyl groups is 1. The second kappa shape index (κ2) is 8.58. The van der Waals surface area contributed by atoms with E-state index in [9.17, 15) is 9.90 Å². The van der Waals surface area contributed by atoms with Crippen LogP contribution in [0.2, 0.25) is 0 Å². The van der Waals surface area contributed by atoms with E-state index in [1.165, 1.54) is 6.26 Å². The van der Waals surface area contributed by atoms with Crippen LogP contribution in [0.1, 0.15) is 38.0 Å². The third-order valence-corrected chi connectivity index (χ3v) is 3.86. The van der Waals surface area contributed by atoms with Crippen molar-refractivity contribution in [3.05, 3.63) is 47.9 Å². The Labute approximate surface area is 148 Å². The van der Waals surface area contributed by atoms with Crippen molar-refractivity contribution in [3.8, 4) is 5.75 Å². The van der Waals surface area contributed by atoms with Crippen molar-refractivity contribution in [2.75, 3.05) is 18.5 Å². The summed E-state index contributed by atoms with van der Waals surface area (Å²) in [4.78, 5) is 12.1. The van der Waals surface area contributed by atoms with E-state index in [0.29, 0.717) is 18.1 Å². The number of aryl methyl sites for hydroxylation is 1. The molecule has 25 heavy (non-hydrogen) atoms. The lowest BCUT2D eigenvalue weighted by molar-refractivity contribution is 0.0372. The molecule has 0 bridgehead atoms. The zero-order valence-electron chi connectivity index (χ0n) is 15.0. The number of benzene rings is 1. The first-order valence-electron chi connectivity index (χ1n) is 8.47. The minimum atomic E-state index is -1.27. The van der Waals surface area contributed by atoms with Crippen LogP contribution in [0.15, 0.2) is 41.0 Å². The number of amides is 2. The van der Waals surface area contributed by atoms with Gasteiger partial charge in [-0.3, -0.25) is 0 Å². The zero-order chi connectivity index (χ0) is 18.3. The summed E-state index contributed by atoms with van der Waals surface area (Å²) in [5, 5.41) is 15.8. The Morgan fingerprint density at radius 1 is 1.36 bits per heavy atom. The van der Waals surface area contributed by atoms with Gasteiger partial charge in [-0.25, -0.2) is 4.79 Å². The molecular weight excluding hydrogens is 320 g/mol. The van der Waals surface area contributed by atoms with E-state index in [1.807, 2.05) is 19.1 Å². The van der Waals surface area contributed by atoms with E-state index in [2.05, 4.69) is 17.6 Å². The molecule has 0 aliphatic heterocycles. The molecule has 6 nitrogen and oxygen atoms in total. The average molecular weight is 346 g/mol. The maximum absolute atomic E-state index is 12.1. The first-order chi connectivity index (χ1) is 11.9. The van der Waals surface area contributed by atoms with Gasteiger partial charge in [-0.05, 0) is 56.2 Å². The summed E-state index contributed by atoms with van der Waals surface area (Å²) >= 11 is 0. The average Bonchev–Trinajstić information content (AvgIpc) is 3.11. The van der Waals surface area contributed by atoms with Crippen LogP contribution in [0, 0.1) is 6.92 Å². The molecular formula is C19H26N2O4. The standard InChI is InChI=1S/C19H26N2O4/c1-4-5-10-24-15-8-9-16(14(2)12-15)21-18(22)20-13-19(3,23)17-7-6-11-25-17/h6-9,11-12,23H,4-5,10,13H2,1-3H3,(H2,20,21,22). The predicted octanol–water partition coefficient (Wildman–Crippen LogP) is 3.80. The summed E-state index contributed by atoms with van der Waals surface area (Å²) in [7, 11) is 0. The lowest BCUT2D eigenvalue weighted by Gasteiger charge is -2.21. The maximum Gasteiger partial charge on any atom is 0.319 e. The van der Waals surface area contributed by atoms with Gasteiger partial charge in [0.15, 0.2) is 0 Å². The van der Waals surface area contributed by atoms with Crippen LogP contribution in [-0.4, -0.2) is 24.3 Å². The number of unbranched alkanes of at least 4 members (excludes halogenated alkanes) is 1. The van der Waals surface area contributed by atoms with Crippen LogP contribution in [0.5, 0.6) is 5.75 Å². The fraction of sp³-hybridized carbons (Fsp3) is 0.421. The number of hydrogen-bond donors (Lipinski definition) is 3. The fourth-order valence-corrected chi connectivity index (χ4v) is 2.29. The number of furan rings is 1. The van der Waals surface area contributed by atoms with E-state index in [1.54, 1.807) is 25.1 Å². The summed E-state index contributed by atoms with van der Waals surface area (Å²) in [5.41, 5.74) is 0.326. The Kier molecular flexibility index (Phi) is 6.47. The Bertz CT molecular complexity index is 681. The highest BCUT2D eigenvalue weighted by molar-refractivity contribution is 5.90. The SMILES string of the molecule is CCCCOc1ccc(NC(=O)NCC(C)(O)c2ccco2)c(C)c1. The van der Waals surface area contributed by atoms with E-state index in [0.717, 1.165) is 24.2 Å². The molecule has 0 radical (unpaired) electrons. The van der Waals surface area contributed by atoms with Gasteiger partial charge in [0, 0.05) is 5.69 Å². The summed E-state index contributed by atoms with van der Waals surface area (Å²) in [6, 6.07) is 8.50. The van der Waals surface area contributed by atoms with Crippen LogP contribution in [0.4, 0.5) is 10.5 Å². The van der Waals surface area contributed by atoms with Gasteiger partial charge in [-0.15, -0.1) is 0 Å². The molecule has 0 spiro atoms. The predicted molar refractivity (Wildman–Crippen MR) is 96.9 cm³/mol. The Morgan fingerprint density at radius 2 is 2.16 bits per heavy atom. The van der Waals surface area contributed by atoms with E-state index < -0.39 is 11.6 Å². The van der Waals surface area contributed by atoms with Gasteiger partial charge in [-0.1, -0.05) is 13.3 Å². The number of ether oxygens (including phenoxy) is 1. The number of urea groups is 1. The molecule has 2 amide bonds. The lowest BCUT2D eigenvalue weighted by Crippen LogP contribution is -2.40. The van der Waals surface area contributed by atoms with Gasteiger partial charge in [-0.2, -0.15) is 0 Å². The lowest BCUT2D eigenvalue weighted by atomic mass is 10.0. The summed E-state index contributed by atoms with van der Waals surface area (Å²) in [6.45, 7) is 6.32. The van der Waals surface area contributed by atoms with Crippen LogP contribution in [-0.2, 0) is 5.60 Å². The van der Waals surface area contributed by atoms with Crippen LogP contribution >= 0.6 is 0 Å². The van der Waals surface area contributed by atoms with Gasteiger partial charge in [0.05, 0.1) is 19.4 Å². The van der Waals surface area contributed by atoms with Gasteiger partial charge < -0.3 is 24.9 Å². The van der Waals surface area contributed by atoms with Crippen molar-refractivity contribution in [2.24, 2.45) is 0 Å². The van der Waals surface area contributed by atoms with Crippen LogP contribution in [0.25, 0.3) is 0 Å². The van der Waals surface area contributed by atoms with Crippen molar-refractivity contribution in [3.63, 3.8) is 0 Å². The quantitative estimate of drug-likeness (QED) is 0.635. The van der Waals surface area contributed by atoms with Crippen LogP contribution in [0.3, 0.4) is 0 Å². The van der Waals surface area contributed by atoms with E-state index in [-0.39, 0.29) is 6.54 Å². The third kappa shape index (κ3) is 5.53. The minimum Gasteiger partial charge on any atom is -0.494 e. The minimum absolute atomic E-state index is 0.0314. The molecule has 1 unspecified atom stereocenters. The molecule has 0 saturated carbocycles. The van der Waals surface area contributed by atoms with Crippen molar-refractivity contribution < 1.29 is 19.1 Å². The second-order valence-electron chi connectivity index (χ2n) is 6.24. The third-order valence-electron chi connectivity index (χ3n) is 3.86. The molecule has 3 N–H and O–H groups in total. The molecule has 6 heteroatoms. The number of carbonyl (C=O) groups excluding carboxylic acids is 1. The van der Waals surface area contributed by atoms with Gasteiger partial charge >= 0.3 is 6.03 Å². The molecule has 1 aromatic heterocycles. The van der Waals surface area contributed by atoms with Gasteiger partial charge in [0.1, 0.15) is 17.1 Å². The molecule has 136 valence electrons. The Morgan fingerprint density at radius 3 is 2.80 bits per heavy atom. The largest absolute Gasteiger partial charge is 0.494 e. The van der Waals surface area contributed by atoms with Crippen molar-refractivity contribution in [1.29, 1.82) is 0 Å². The van der Waals surface area contributed by atoms with Crippen molar-refractivity contribution >= 4 is 11.7 Å². The van der Waals surface area contributed by atoms with Gasteiger partial charge in [0.2, 0.25) is 0 Å². The first-order valence-corrected chi connectivity index (χ1v) is 8.47. The highest BCUT2D eigenvalue weighted by atomic mass is 16.5. The molecule has 1 heterocycles. The number of carbonyl (C=O) groups is 1. The Balaban J connectivity index is 1.88. The molecule has 2 rings (SSSR count). The van der Waals surface area contributed by atoms with E-state index >= 15 is 0 Å². The first kappa shape index (κ1) is 18.9. The molecule has 2 aromatic rings. The normalized spacial score (nSPS) is 13.1. The molecule has 0 saturated heterocycles.